The number of nitrogens with one attached hydrogen (secondary N) is 2. The summed E-state index contributed by atoms with van der Waals surface area (Å²) in [6.07, 6.45) is -2.65. The summed E-state index contributed by atoms with van der Waals surface area (Å²) in [6.45, 7) is 5.01. The molecule has 2 N–H and O–H groups in total. The SMILES string of the molecule is C=CC1OC(S(=O)(=O)N2CCC(C(F)(F)F)CC2)=CC1NC(=O)Nc1cccc(OC)c1CC. The van der Waals surface area contributed by atoms with Crippen LogP contribution in [0.5, 0.6) is 5.75 Å². The van der Waals surface area contributed by atoms with Crippen molar-refractivity contribution in [1.29, 1.82) is 0 Å². The zero-order chi connectivity index (χ0) is 25.1. The van der Waals surface area contributed by atoms with Crippen LogP contribution in [0.15, 0.2) is 42.0 Å². The summed E-state index contributed by atoms with van der Waals surface area (Å²) >= 11 is 0. The maximum atomic E-state index is 13.0. The molecular weight excluding hydrogens is 475 g/mol. The van der Waals surface area contributed by atoms with Crippen LogP contribution in [0.1, 0.15) is 25.3 Å². The molecular formula is C22H28F3N3O5S. The summed E-state index contributed by atoms with van der Waals surface area (Å²) in [5.41, 5.74) is 1.34. The molecule has 12 heteroatoms. The van der Waals surface area contributed by atoms with Crippen molar-refractivity contribution in [2.45, 2.75) is 44.5 Å². The Bertz CT molecular complexity index is 1050. The number of carbonyl (C=O) groups excluding carboxylic acids is 1. The Morgan fingerprint density at radius 1 is 1.32 bits per heavy atom. The lowest BCUT2D eigenvalue weighted by Crippen LogP contribution is -2.42. The fourth-order valence-corrected chi connectivity index (χ4v) is 5.55. The van der Waals surface area contributed by atoms with Gasteiger partial charge in [0.25, 0.3) is 10.0 Å². The number of halogens is 3. The van der Waals surface area contributed by atoms with Crippen molar-refractivity contribution in [2.24, 2.45) is 5.92 Å². The van der Waals surface area contributed by atoms with Crippen molar-refractivity contribution in [3.8, 4) is 5.75 Å². The Labute approximate surface area is 196 Å². The first-order valence-corrected chi connectivity index (χ1v) is 12.3. The summed E-state index contributed by atoms with van der Waals surface area (Å²) in [6, 6.07) is 3.78. The molecule has 0 aromatic heterocycles. The monoisotopic (exact) mass is 503 g/mol. The van der Waals surface area contributed by atoms with Crippen molar-refractivity contribution >= 4 is 21.7 Å². The average molecular weight is 504 g/mol. The zero-order valence-electron chi connectivity index (χ0n) is 18.9. The highest BCUT2D eigenvalue weighted by Crippen LogP contribution is 2.36. The van der Waals surface area contributed by atoms with Crippen LogP contribution in [0.2, 0.25) is 0 Å². The number of rotatable bonds is 7. The minimum atomic E-state index is -4.35. The van der Waals surface area contributed by atoms with Crippen LogP contribution in [0, 0.1) is 5.92 Å². The van der Waals surface area contributed by atoms with Gasteiger partial charge in [0, 0.05) is 24.3 Å². The summed E-state index contributed by atoms with van der Waals surface area (Å²) < 4.78 is 76.4. The molecule has 2 amide bonds. The smallest absolute Gasteiger partial charge is 0.391 e. The van der Waals surface area contributed by atoms with E-state index in [0.29, 0.717) is 17.9 Å². The largest absolute Gasteiger partial charge is 0.496 e. The highest BCUT2D eigenvalue weighted by molar-refractivity contribution is 7.92. The van der Waals surface area contributed by atoms with Crippen LogP contribution in [0.25, 0.3) is 0 Å². The van der Waals surface area contributed by atoms with Crippen LogP contribution < -0.4 is 15.4 Å². The van der Waals surface area contributed by atoms with Crippen molar-refractivity contribution in [3.63, 3.8) is 0 Å². The minimum Gasteiger partial charge on any atom is -0.496 e. The molecule has 188 valence electrons. The van der Waals surface area contributed by atoms with E-state index >= 15 is 0 Å². The van der Waals surface area contributed by atoms with Gasteiger partial charge >= 0.3 is 12.2 Å². The highest BCUT2D eigenvalue weighted by atomic mass is 32.2. The average Bonchev–Trinajstić information content (AvgIpc) is 3.21. The number of ether oxygens (including phenoxy) is 2. The molecule has 0 spiro atoms. The van der Waals surface area contributed by atoms with Gasteiger partial charge in [-0.3, -0.25) is 0 Å². The highest BCUT2D eigenvalue weighted by Gasteiger charge is 2.45. The fraction of sp³-hybridized carbons (Fsp3) is 0.500. The van der Waals surface area contributed by atoms with Gasteiger partial charge in [0.2, 0.25) is 5.09 Å². The molecule has 1 aromatic rings. The van der Waals surface area contributed by atoms with Crippen molar-refractivity contribution in [3.05, 3.63) is 47.6 Å². The summed E-state index contributed by atoms with van der Waals surface area (Å²) in [5, 5.41) is 4.97. The maximum Gasteiger partial charge on any atom is 0.391 e. The Balaban J connectivity index is 1.70. The van der Waals surface area contributed by atoms with Crippen LogP contribution in [-0.4, -0.2) is 57.3 Å². The van der Waals surface area contributed by atoms with E-state index < -0.39 is 45.4 Å². The standard InChI is InChI=1S/C22H28F3N3O5S/c1-4-15-16(7-6-8-19(15)32-3)26-21(29)27-17-13-20(33-18(17)5-2)34(30,31)28-11-9-14(10-12-28)22(23,24)25/h5-8,13-14,17-18H,2,4,9-12H2,1,3H3,(H2,26,27,29). The third-order valence-corrected chi connectivity index (χ3v) is 7.70. The Hall–Kier alpha value is -2.73. The molecule has 1 fully saturated rings. The van der Waals surface area contributed by atoms with Crippen LogP contribution in [0.4, 0.5) is 23.7 Å². The van der Waals surface area contributed by atoms with E-state index in [1.54, 1.807) is 18.2 Å². The lowest BCUT2D eigenvalue weighted by molar-refractivity contribution is -0.182. The van der Waals surface area contributed by atoms with Crippen molar-refractivity contribution in [2.75, 3.05) is 25.5 Å². The van der Waals surface area contributed by atoms with E-state index in [2.05, 4.69) is 17.2 Å². The molecule has 3 rings (SSSR count). The molecule has 2 aliphatic rings. The number of hydrogen-bond donors (Lipinski definition) is 2. The first-order chi connectivity index (χ1) is 16.0. The van der Waals surface area contributed by atoms with E-state index in [9.17, 15) is 26.4 Å². The number of methoxy groups -OCH3 is 1. The normalized spacial score (nSPS) is 22.0. The molecule has 34 heavy (non-hydrogen) atoms. The summed E-state index contributed by atoms with van der Waals surface area (Å²) in [5.74, 6) is -0.905. The van der Waals surface area contributed by atoms with Crippen LogP contribution >= 0.6 is 0 Å². The molecule has 2 aliphatic heterocycles. The third kappa shape index (κ3) is 5.49. The molecule has 0 bridgehead atoms. The molecule has 0 aliphatic carbocycles. The lowest BCUT2D eigenvalue weighted by atomic mass is 9.98. The van der Waals surface area contributed by atoms with Gasteiger partial charge in [-0.25, -0.2) is 13.2 Å². The molecule has 0 saturated carbocycles. The fourth-order valence-electron chi connectivity index (χ4n) is 4.05. The number of sulfonamides is 1. The van der Waals surface area contributed by atoms with E-state index in [-0.39, 0.29) is 25.9 Å². The number of piperidine rings is 1. The minimum absolute atomic E-state index is 0.264. The second-order valence-electron chi connectivity index (χ2n) is 7.99. The quantitative estimate of drug-likeness (QED) is 0.552. The maximum absolute atomic E-state index is 13.0. The Kier molecular flexibility index (Phi) is 7.81. The number of alkyl halides is 3. The van der Waals surface area contributed by atoms with Gasteiger partial charge in [-0.2, -0.15) is 17.5 Å². The van der Waals surface area contributed by atoms with Crippen molar-refractivity contribution < 1.29 is 35.9 Å². The van der Waals surface area contributed by atoms with E-state index in [4.69, 9.17) is 9.47 Å². The van der Waals surface area contributed by atoms with Gasteiger partial charge in [0.1, 0.15) is 11.9 Å². The second kappa shape index (κ2) is 10.3. The predicted octanol–water partition coefficient (Wildman–Crippen LogP) is 3.78. The molecule has 2 atom stereocenters. The third-order valence-electron chi connectivity index (χ3n) is 5.92. The van der Waals surface area contributed by atoms with Gasteiger partial charge in [0.15, 0.2) is 0 Å². The number of hydrogen-bond acceptors (Lipinski definition) is 5. The van der Waals surface area contributed by atoms with Gasteiger partial charge in [-0.1, -0.05) is 19.6 Å². The number of benzene rings is 1. The molecule has 8 nitrogen and oxygen atoms in total. The van der Waals surface area contributed by atoms with E-state index in [0.717, 1.165) is 9.87 Å². The van der Waals surface area contributed by atoms with Crippen molar-refractivity contribution in [1.82, 2.24) is 9.62 Å². The summed E-state index contributed by atoms with van der Waals surface area (Å²) in [4.78, 5) is 12.6. The van der Waals surface area contributed by atoms with Gasteiger partial charge in [-0.15, -0.1) is 0 Å². The van der Waals surface area contributed by atoms with E-state index in [1.807, 2.05) is 6.92 Å². The molecule has 1 aromatic carbocycles. The summed E-state index contributed by atoms with van der Waals surface area (Å²) in [7, 11) is -2.62. The number of urea groups is 1. The number of anilines is 1. The Morgan fingerprint density at radius 3 is 2.56 bits per heavy atom. The molecule has 2 heterocycles. The zero-order valence-corrected chi connectivity index (χ0v) is 19.7. The van der Waals surface area contributed by atoms with Crippen LogP contribution in [-0.2, 0) is 21.2 Å². The Morgan fingerprint density at radius 2 is 2.00 bits per heavy atom. The number of nitrogens with zero attached hydrogens (tertiary/aromatic N) is 1. The first kappa shape index (κ1) is 25.9. The number of amides is 2. The molecule has 2 unspecified atom stereocenters. The second-order valence-corrected chi connectivity index (χ2v) is 9.86. The van der Waals surface area contributed by atoms with Gasteiger partial charge in [-0.05, 0) is 43.5 Å². The van der Waals surface area contributed by atoms with Gasteiger partial charge < -0.3 is 20.1 Å². The van der Waals surface area contributed by atoms with E-state index in [1.165, 1.54) is 19.3 Å². The molecule has 1 saturated heterocycles. The first-order valence-electron chi connectivity index (χ1n) is 10.8. The van der Waals surface area contributed by atoms with Gasteiger partial charge in [0.05, 0.1) is 19.1 Å². The lowest BCUT2D eigenvalue weighted by Gasteiger charge is -2.32. The topological polar surface area (TPSA) is 97.0 Å². The number of carbonyl (C=O) groups is 1. The predicted molar refractivity (Wildman–Crippen MR) is 121 cm³/mol. The molecule has 0 radical (unpaired) electrons. The van der Waals surface area contributed by atoms with Crippen LogP contribution in [0.3, 0.4) is 0 Å².